The van der Waals surface area contributed by atoms with E-state index >= 15 is 0 Å². The van der Waals surface area contributed by atoms with Gasteiger partial charge in [0.05, 0.1) is 0 Å². The van der Waals surface area contributed by atoms with Crippen LogP contribution in [0.25, 0.3) is 0 Å². The van der Waals surface area contributed by atoms with Gasteiger partial charge < -0.3 is 9.97 Å². The molecule has 0 unspecified atom stereocenters. The van der Waals surface area contributed by atoms with Crippen molar-refractivity contribution in [3.63, 3.8) is 0 Å². The molecule has 0 radical (unpaired) electrons. The second kappa shape index (κ2) is 7.46. The quantitative estimate of drug-likeness (QED) is 0.529. The van der Waals surface area contributed by atoms with Crippen molar-refractivity contribution < 1.29 is 42.1 Å². The molecule has 2 nitrogen and oxygen atoms in total. The first-order chi connectivity index (χ1) is 3.00. The van der Waals surface area contributed by atoms with E-state index in [1.807, 2.05) is 0 Å². The van der Waals surface area contributed by atoms with Gasteiger partial charge >= 0.3 is 0 Å². The van der Waals surface area contributed by atoms with Gasteiger partial charge in [0, 0.05) is 42.1 Å². The fourth-order valence-corrected chi connectivity index (χ4v) is 0.199. The van der Waals surface area contributed by atoms with Crippen molar-refractivity contribution in [1.82, 2.24) is 9.97 Å². The topological polar surface area (TPSA) is 25.8 Å². The van der Waals surface area contributed by atoms with E-state index in [1.165, 1.54) is 12.4 Å². The maximum Gasteiger partial charge on any atom is 0 e. The fourth-order valence-electron chi connectivity index (χ4n) is 0.199. The van der Waals surface area contributed by atoms with E-state index in [4.69, 9.17) is 0 Å². The van der Waals surface area contributed by atoms with Crippen molar-refractivity contribution in [3.05, 3.63) is 24.8 Å². The van der Waals surface area contributed by atoms with Gasteiger partial charge in [-0.15, -0.1) is 0 Å². The second-order valence-electron chi connectivity index (χ2n) is 0.775. The SMILES string of the molecule is [W].[W].[c-]1cn[c-]cn1. The van der Waals surface area contributed by atoms with Crippen molar-refractivity contribution in [2.75, 3.05) is 0 Å². The largest absolute Gasteiger partial charge is 0.495 e. The van der Waals surface area contributed by atoms with E-state index in [2.05, 4.69) is 22.4 Å². The molecule has 4 heteroatoms. The van der Waals surface area contributed by atoms with Gasteiger partial charge in [0.2, 0.25) is 0 Å². The predicted octanol–water partition coefficient (Wildman–Crippen LogP) is 0.0720. The number of aromatic nitrogens is 2. The van der Waals surface area contributed by atoms with Crippen LogP contribution in [0.15, 0.2) is 12.4 Å². The van der Waals surface area contributed by atoms with Crippen LogP contribution in [0.4, 0.5) is 0 Å². The summed E-state index contributed by atoms with van der Waals surface area (Å²) in [7, 11) is 0. The monoisotopic (exact) mass is 446 g/mol. The van der Waals surface area contributed by atoms with Crippen LogP contribution in [0.5, 0.6) is 0 Å². The van der Waals surface area contributed by atoms with Crippen LogP contribution in [0.3, 0.4) is 0 Å². The Hall–Kier alpha value is 0.457. The van der Waals surface area contributed by atoms with Crippen LogP contribution < -0.4 is 0 Å². The van der Waals surface area contributed by atoms with Gasteiger partial charge in [-0.2, -0.15) is 0 Å². The van der Waals surface area contributed by atoms with Crippen molar-refractivity contribution in [2.45, 2.75) is 0 Å². The summed E-state index contributed by atoms with van der Waals surface area (Å²) in [5.41, 5.74) is 0. The van der Waals surface area contributed by atoms with Gasteiger partial charge in [-0.3, -0.25) is 0 Å². The summed E-state index contributed by atoms with van der Waals surface area (Å²) >= 11 is 0. The summed E-state index contributed by atoms with van der Waals surface area (Å²) < 4.78 is 0. The van der Waals surface area contributed by atoms with Gasteiger partial charge in [-0.05, 0) is 0 Å². The van der Waals surface area contributed by atoms with Crippen LogP contribution in [-0.2, 0) is 42.1 Å². The molecular formula is C4H2N2W2-2. The summed E-state index contributed by atoms with van der Waals surface area (Å²) in [6, 6.07) is 0. The summed E-state index contributed by atoms with van der Waals surface area (Å²) in [5.74, 6) is 0. The van der Waals surface area contributed by atoms with Crippen LogP contribution in [0.2, 0.25) is 0 Å². The van der Waals surface area contributed by atoms with Crippen molar-refractivity contribution in [1.29, 1.82) is 0 Å². The molecule has 0 bridgehead atoms. The van der Waals surface area contributed by atoms with Crippen molar-refractivity contribution in [3.8, 4) is 0 Å². The zero-order chi connectivity index (χ0) is 4.24. The Morgan fingerprint density at radius 3 is 1.38 bits per heavy atom. The number of hydrogen-bond donors (Lipinski definition) is 0. The van der Waals surface area contributed by atoms with Gasteiger partial charge in [-0.25, -0.2) is 24.8 Å². The molecule has 0 spiro atoms. The zero-order valence-electron chi connectivity index (χ0n) is 3.87. The molecule has 1 aromatic heterocycles. The maximum atomic E-state index is 3.54. The van der Waals surface area contributed by atoms with E-state index in [0.717, 1.165) is 0 Å². The minimum absolute atomic E-state index is 0. The number of hydrogen-bond acceptors (Lipinski definition) is 2. The Morgan fingerprint density at radius 2 is 1.25 bits per heavy atom. The molecular weight excluding hydrogens is 444 g/mol. The molecule has 1 heterocycles. The first-order valence-corrected chi connectivity index (χ1v) is 1.54. The molecule has 8 heavy (non-hydrogen) atoms. The van der Waals surface area contributed by atoms with E-state index in [9.17, 15) is 0 Å². The third-order valence-corrected chi connectivity index (χ3v) is 0.394. The molecule has 0 aliphatic heterocycles. The molecule has 0 saturated heterocycles. The van der Waals surface area contributed by atoms with Gasteiger partial charge in [0.25, 0.3) is 0 Å². The summed E-state index contributed by atoms with van der Waals surface area (Å²) in [6.45, 7) is 0. The van der Waals surface area contributed by atoms with Crippen LogP contribution >= 0.6 is 0 Å². The van der Waals surface area contributed by atoms with E-state index in [0.29, 0.717) is 0 Å². The zero-order valence-corrected chi connectivity index (χ0v) is 9.73. The smallest absolute Gasteiger partial charge is 0 e. The average molecular weight is 446 g/mol. The van der Waals surface area contributed by atoms with E-state index in [1.54, 1.807) is 0 Å². The number of nitrogens with zero attached hydrogens (tertiary/aromatic N) is 2. The molecule has 0 aliphatic carbocycles. The minimum atomic E-state index is 0. The van der Waals surface area contributed by atoms with Crippen LogP contribution in [0, 0.1) is 12.4 Å². The molecule has 0 fully saturated rings. The standard InChI is InChI=1S/C4H2N2.2W/c1-2-6-4-3-5-1;;/h1,4H;;/q-2;;. The summed E-state index contributed by atoms with van der Waals surface area (Å²) in [4.78, 5) is 7.08. The summed E-state index contributed by atoms with van der Waals surface area (Å²) in [5, 5.41) is 0. The first-order valence-electron chi connectivity index (χ1n) is 1.54. The Labute approximate surface area is 76.6 Å². The minimum Gasteiger partial charge on any atom is -0.495 e. The molecule has 0 aliphatic rings. The van der Waals surface area contributed by atoms with E-state index in [-0.39, 0.29) is 42.1 Å². The maximum absolute atomic E-state index is 3.54. The van der Waals surface area contributed by atoms with Crippen molar-refractivity contribution >= 4 is 0 Å². The molecule has 0 amide bonds. The van der Waals surface area contributed by atoms with Crippen molar-refractivity contribution in [2.24, 2.45) is 0 Å². The second-order valence-corrected chi connectivity index (χ2v) is 0.775. The Morgan fingerprint density at radius 1 is 0.875 bits per heavy atom. The van der Waals surface area contributed by atoms with Gasteiger partial charge in [0.15, 0.2) is 0 Å². The fraction of sp³-hybridized carbons (Fsp3) is 0. The first kappa shape index (κ1) is 11.3. The Bertz CT molecular complexity index is 84.0. The predicted molar refractivity (Wildman–Crippen MR) is 19.7 cm³/mol. The third kappa shape index (κ3) is 4.61. The van der Waals surface area contributed by atoms with Crippen LogP contribution in [0.1, 0.15) is 0 Å². The Balaban J connectivity index is 0. The molecule has 0 saturated carbocycles. The molecule has 42 valence electrons. The van der Waals surface area contributed by atoms with Gasteiger partial charge in [-0.1, -0.05) is 0 Å². The average Bonchev–Trinajstić information content (AvgIpc) is 1.72. The molecule has 1 aromatic rings. The van der Waals surface area contributed by atoms with Gasteiger partial charge in [0.1, 0.15) is 0 Å². The molecule has 0 aromatic carbocycles. The Kier molecular flexibility index (Phi) is 10.5. The third-order valence-electron chi connectivity index (χ3n) is 0.394. The molecule has 0 N–H and O–H groups in total. The van der Waals surface area contributed by atoms with Crippen LogP contribution in [-0.4, -0.2) is 9.97 Å². The molecule has 1 rings (SSSR count). The number of rotatable bonds is 0. The summed E-state index contributed by atoms with van der Waals surface area (Å²) in [6.07, 6.45) is 7.92. The van der Waals surface area contributed by atoms with E-state index < -0.39 is 0 Å². The molecule has 0 atom stereocenters. The normalized spacial score (nSPS) is 6.00.